The van der Waals surface area contributed by atoms with Gasteiger partial charge in [-0.2, -0.15) is 0 Å². The molecule has 2 nitrogen and oxygen atoms in total. The molecule has 0 aliphatic heterocycles. The molecule has 2 atom stereocenters. The van der Waals surface area contributed by atoms with Crippen LogP contribution in [0, 0.1) is 5.92 Å². The molecular formula is C16H23NO. The van der Waals surface area contributed by atoms with Gasteiger partial charge in [-0.05, 0) is 37.2 Å². The molecule has 0 bridgehead atoms. The van der Waals surface area contributed by atoms with Crippen LogP contribution in [0.4, 0.5) is 0 Å². The summed E-state index contributed by atoms with van der Waals surface area (Å²) in [5, 5.41) is 0. The Morgan fingerprint density at radius 3 is 2.44 bits per heavy atom. The van der Waals surface area contributed by atoms with Crippen LogP contribution in [0.2, 0.25) is 0 Å². The molecule has 2 rings (SSSR count). The monoisotopic (exact) mass is 245 g/mol. The Morgan fingerprint density at radius 1 is 1.28 bits per heavy atom. The van der Waals surface area contributed by atoms with Crippen LogP contribution in [-0.2, 0) is 4.79 Å². The first-order chi connectivity index (χ1) is 8.59. The summed E-state index contributed by atoms with van der Waals surface area (Å²) in [6.07, 6.45) is 3.18. The maximum atomic E-state index is 12.2. The molecule has 0 heterocycles. The molecule has 1 amide bonds. The van der Waals surface area contributed by atoms with E-state index in [1.165, 1.54) is 18.4 Å². The average Bonchev–Trinajstić information content (AvgIpc) is 3.22. The third-order valence-electron chi connectivity index (χ3n) is 4.16. The highest BCUT2D eigenvalue weighted by atomic mass is 16.2. The molecule has 0 radical (unpaired) electrons. The number of benzene rings is 1. The molecule has 1 aliphatic rings. The van der Waals surface area contributed by atoms with Crippen LogP contribution in [0.15, 0.2) is 30.3 Å². The maximum absolute atomic E-state index is 12.2. The first-order valence-electron chi connectivity index (χ1n) is 6.90. The zero-order chi connectivity index (χ0) is 13.1. The van der Waals surface area contributed by atoms with Gasteiger partial charge >= 0.3 is 0 Å². The Balaban J connectivity index is 1.90. The number of carbonyl (C=O) groups is 1. The minimum atomic E-state index is 0.269. The van der Waals surface area contributed by atoms with Gasteiger partial charge in [0.05, 0.1) is 0 Å². The summed E-state index contributed by atoms with van der Waals surface area (Å²) in [6, 6.07) is 10.7. The van der Waals surface area contributed by atoms with Gasteiger partial charge in [-0.1, -0.05) is 37.3 Å². The van der Waals surface area contributed by atoms with Crippen molar-refractivity contribution in [3.8, 4) is 0 Å². The van der Waals surface area contributed by atoms with Gasteiger partial charge in [0.15, 0.2) is 0 Å². The minimum Gasteiger partial charge on any atom is -0.343 e. The molecule has 0 N–H and O–H groups in total. The fourth-order valence-corrected chi connectivity index (χ4v) is 2.43. The van der Waals surface area contributed by atoms with Crippen molar-refractivity contribution in [2.75, 3.05) is 7.05 Å². The van der Waals surface area contributed by atoms with Crippen LogP contribution < -0.4 is 0 Å². The Labute approximate surface area is 110 Å². The average molecular weight is 245 g/mol. The topological polar surface area (TPSA) is 20.3 Å². The minimum absolute atomic E-state index is 0.269. The van der Waals surface area contributed by atoms with E-state index in [2.05, 4.69) is 26.0 Å². The summed E-state index contributed by atoms with van der Waals surface area (Å²) in [5.41, 5.74) is 1.25. The molecule has 0 spiro atoms. The lowest BCUT2D eigenvalue weighted by molar-refractivity contribution is -0.132. The van der Waals surface area contributed by atoms with Gasteiger partial charge in [0.1, 0.15) is 0 Å². The van der Waals surface area contributed by atoms with Gasteiger partial charge in [0.25, 0.3) is 0 Å². The van der Waals surface area contributed by atoms with Crippen LogP contribution in [0.3, 0.4) is 0 Å². The number of hydrogen-bond donors (Lipinski definition) is 0. The van der Waals surface area contributed by atoms with E-state index in [0.717, 1.165) is 5.92 Å². The van der Waals surface area contributed by atoms with Crippen LogP contribution in [-0.4, -0.2) is 23.9 Å². The van der Waals surface area contributed by atoms with Gasteiger partial charge in [-0.25, -0.2) is 0 Å². The number of nitrogens with zero attached hydrogens (tertiary/aromatic N) is 1. The normalized spacial score (nSPS) is 18.2. The number of amides is 1. The standard InChI is InChI=1S/C16H23NO/c1-12(14-7-5-4-6-8-14)11-16(18)17(3)13(2)15-9-10-15/h4-8,12-13,15H,9-11H2,1-3H3/t12-,13-/m0/s1. The molecule has 0 aromatic heterocycles. The van der Waals surface area contributed by atoms with E-state index in [4.69, 9.17) is 0 Å². The van der Waals surface area contributed by atoms with Crippen molar-refractivity contribution in [1.29, 1.82) is 0 Å². The molecule has 1 aromatic carbocycles. The number of carbonyl (C=O) groups excluding carboxylic acids is 1. The van der Waals surface area contributed by atoms with Gasteiger partial charge in [0, 0.05) is 19.5 Å². The molecule has 18 heavy (non-hydrogen) atoms. The predicted octanol–water partition coefficient (Wildman–Crippen LogP) is 3.44. The largest absolute Gasteiger partial charge is 0.343 e. The molecule has 1 aliphatic carbocycles. The second-order valence-corrected chi connectivity index (χ2v) is 5.60. The Hall–Kier alpha value is -1.31. The highest BCUT2D eigenvalue weighted by Gasteiger charge is 2.32. The number of hydrogen-bond acceptors (Lipinski definition) is 1. The van der Waals surface area contributed by atoms with Gasteiger partial charge in [-0.3, -0.25) is 4.79 Å². The first kappa shape index (κ1) is 13.1. The number of rotatable bonds is 5. The highest BCUT2D eigenvalue weighted by Crippen LogP contribution is 2.35. The van der Waals surface area contributed by atoms with Crippen molar-refractivity contribution >= 4 is 5.91 Å². The first-order valence-corrected chi connectivity index (χ1v) is 6.90. The lowest BCUT2D eigenvalue weighted by Crippen LogP contribution is -2.36. The molecule has 0 saturated heterocycles. The lowest BCUT2D eigenvalue weighted by Gasteiger charge is -2.26. The van der Waals surface area contributed by atoms with E-state index in [0.29, 0.717) is 18.4 Å². The summed E-state index contributed by atoms with van der Waals surface area (Å²) >= 11 is 0. The Morgan fingerprint density at radius 2 is 1.89 bits per heavy atom. The van der Waals surface area contributed by atoms with Crippen molar-refractivity contribution in [2.24, 2.45) is 5.92 Å². The molecule has 98 valence electrons. The summed E-state index contributed by atoms with van der Waals surface area (Å²) < 4.78 is 0. The van der Waals surface area contributed by atoms with Gasteiger partial charge < -0.3 is 4.90 Å². The SMILES string of the molecule is C[C@@H](CC(=O)N(C)[C@@H](C)C1CC1)c1ccccc1. The third kappa shape index (κ3) is 3.12. The zero-order valence-electron chi connectivity index (χ0n) is 11.6. The molecular weight excluding hydrogens is 222 g/mol. The van der Waals surface area contributed by atoms with E-state index < -0.39 is 0 Å². The van der Waals surface area contributed by atoms with E-state index in [1.807, 2.05) is 30.1 Å². The van der Waals surface area contributed by atoms with E-state index in [9.17, 15) is 4.79 Å². The van der Waals surface area contributed by atoms with Crippen molar-refractivity contribution in [3.05, 3.63) is 35.9 Å². The Kier molecular flexibility index (Phi) is 4.05. The summed E-state index contributed by atoms with van der Waals surface area (Å²) in [5.74, 6) is 1.31. The molecule has 1 fully saturated rings. The smallest absolute Gasteiger partial charge is 0.223 e. The van der Waals surface area contributed by atoms with E-state index in [-0.39, 0.29) is 5.91 Å². The predicted molar refractivity (Wildman–Crippen MR) is 74.4 cm³/mol. The van der Waals surface area contributed by atoms with E-state index >= 15 is 0 Å². The maximum Gasteiger partial charge on any atom is 0.223 e. The van der Waals surface area contributed by atoms with Crippen LogP contribution in [0.25, 0.3) is 0 Å². The van der Waals surface area contributed by atoms with Crippen LogP contribution in [0.1, 0.15) is 44.6 Å². The van der Waals surface area contributed by atoms with Crippen LogP contribution >= 0.6 is 0 Å². The van der Waals surface area contributed by atoms with Crippen molar-refractivity contribution in [3.63, 3.8) is 0 Å². The second kappa shape index (κ2) is 5.55. The second-order valence-electron chi connectivity index (χ2n) is 5.60. The van der Waals surface area contributed by atoms with Crippen molar-refractivity contribution in [2.45, 2.75) is 45.1 Å². The molecule has 1 aromatic rings. The van der Waals surface area contributed by atoms with Crippen molar-refractivity contribution < 1.29 is 4.79 Å². The fourth-order valence-electron chi connectivity index (χ4n) is 2.43. The summed E-state index contributed by atoms with van der Waals surface area (Å²) in [6.45, 7) is 4.30. The molecule has 2 heteroatoms. The zero-order valence-corrected chi connectivity index (χ0v) is 11.6. The van der Waals surface area contributed by atoms with E-state index in [1.54, 1.807) is 0 Å². The van der Waals surface area contributed by atoms with Crippen LogP contribution in [0.5, 0.6) is 0 Å². The van der Waals surface area contributed by atoms with Gasteiger partial charge in [0.2, 0.25) is 5.91 Å². The summed E-state index contributed by atoms with van der Waals surface area (Å²) in [4.78, 5) is 14.2. The molecule has 0 unspecified atom stereocenters. The Bertz CT molecular complexity index is 397. The molecule has 1 saturated carbocycles. The quantitative estimate of drug-likeness (QED) is 0.778. The fraction of sp³-hybridized carbons (Fsp3) is 0.562. The van der Waals surface area contributed by atoms with Gasteiger partial charge in [-0.15, -0.1) is 0 Å². The highest BCUT2D eigenvalue weighted by molar-refractivity contribution is 5.77. The van der Waals surface area contributed by atoms with Crippen molar-refractivity contribution in [1.82, 2.24) is 4.90 Å². The lowest BCUT2D eigenvalue weighted by atomic mass is 9.97. The summed E-state index contributed by atoms with van der Waals surface area (Å²) in [7, 11) is 1.95. The third-order valence-corrected chi connectivity index (χ3v) is 4.16.